The Labute approximate surface area is 288 Å². The van der Waals surface area contributed by atoms with E-state index in [1.807, 2.05) is 23.9 Å². The smallest absolute Gasteiger partial charge is 0.160 e. The lowest BCUT2D eigenvalue weighted by molar-refractivity contribution is 0.718. The highest BCUT2D eigenvalue weighted by atomic mass is 32.2. The van der Waals surface area contributed by atoms with Crippen molar-refractivity contribution < 1.29 is 0 Å². The summed E-state index contributed by atoms with van der Waals surface area (Å²) < 4.78 is 1.29. The largest absolute Gasteiger partial charge is 0.228 e. The zero-order valence-electron chi connectivity index (χ0n) is 26.4. The van der Waals surface area contributed by atoms with Gasteiger partial charge in [0.05, 0.1) is 16.8 Å². The van der Waals surface area contributed by atoms with Crippen LogP contribution in [-0.4, -0.2) is 9.97 Å². The van der Waals surface area contributed by atoms with Crippen molar-refractivity contribution in [2.45, 2.75) is 22.1 Å². The second kappa shape index (κ2) is 11.4. The summed E-state index contributed by atoms with van der Waals surface area (Å²) in [4.78, 5) is 12.9. The second-order valence-corrected chi connectivity index (χ2v) is 14.2. The predicted octanol–water partition coefficient (Wildman–Crippen LogP) is 12.0. The Bertz CT molecular complexity index is 2400. The molecule has 2 nitrogen and oxygen atoms in total. The van der Waals surface area contributed by atoms with Crippen LogP contribution in [0.15, 0.2) is 173 Å². The minimum atomic E-state index is -0.545. The normalized spacial score (nSPS) is 16.4. The van der Waals surface area contributed by atoms with Gasteiger partial charge in [-0.15, -0.1) is 11.3 Å². The molecule has 228 valence electrons. The standard InChI is InChI=1S/C44H30N2S2/c1-3-13-32-33-24-30-22-23-47-42(30)26-36(33)44(34(32)4-2)35-18-11-12-19-40(35)48-41-21-20-31(25-37(41)44)43-45-38(28-14-7-5-8-15-28)27-39(46-43)29-16-9-6-10-17-29/h3-27H,2H2,1H3/b13-3-. The molecule has 1 spiro atoms. The molecule has 0 radical (unpaired) electrons. The first-order valence-electron chi connectivity index (χ1n) is 16.1. The number of benzene rings is 5. The van der Waals surface area contributed by atoms with Crippen LogP contribution in [-0.2, 0) is 5.41 Å². The van der Waals surface area contributed by atoms with Crippen molar-refractivity contribution in [3.63, 3.8) is 0 Å². The van der Waals surface area contributed by atoms with Gasteiger partial charge in [-0.3, -0.25) is 0 Å². The molecule has 9 rings (SSSR count). The molecule has 2 aliphatic rings. The lowest BCUT2D eigenvalue weighted by Gasteiger charge is -2.40. The fourth-order valence-corrected chi connectivity index (χ4v) is 9.48. The number of aromatic nitrogens is 2. The molecule has 1 aliphatic carbocycles. The molecule has 0 amide bonds. The average molecular weight is 651 g/mol. The summed E-state index contributed by atoms with van der Waals surface area (Å²) in [7, 11) is 0. The predicted molar refractivity (Wildman–Crippen MR) is 203 cm³/mol. The van der Waals surface area contributed by atoms with Crippen LogP contribution in [0.5, 0.6) is 0 Å². The SMILES string of the molecule is C=CC1=C(/C=C\C)c2cc3ccsc3cc2C12c1ccccc1Sc1ccc(-c3nc(-c4ccccc4)cc(-c4ccccc4)n3)cc12. The van der Waals surface area contributed by atoms with Crippen molar-refractivity contribution in [1.29, 1.82) is 0 Å². The lowest BCUT2D eigenvalue weighted by atomic mass is 9.66. The topological polar surface area (TPSA) is 25.8 Å². The van der Waals surface area contributed by atoms with Crippen molar-refractivity contribution in [3.8, 4) is 33.9 Å². The quantitative estimate of drug-likeness (QED) is 0.185. The maximum absolute atomic E-state index is 5.21. The molecule has 2 aromatic heterocycles. The van der Waals surface area contributed by atoms with Crippen LogP contribution in [0.25, 0.3) is 49.6 Å². The number of hydrogen-bond acceptors (Lipinski definition) is 4. The third-order valence-electron chi connectivity index (χ3n) is 9.54. The van der Waals surface area contributed by atoms with Crippen molar-refractivity contribution in [3.05, 3.63) is 185 Å². The summed E-state index contributed by atoms with van der Waals surface area (Å²) in [6.07, 6.45) is 6.50. The number of nitrogens with zero attached hydrogens (tertiary/aromatic N) is 2. The highest BCUT2D eigenvalue weighted by molar-refractivity contribution is 7.99. The summed E-state index contributed by atoms with van der Waals surface area (Å²) in [5.74, 6) is 0.710. The van der Waals surface area contributed by atoms with Crippen LogP contribution in [0.4, 0.5) is 0 Å². The maximum Gasteiger partial charge on any atom is 0.160 e. The van der Waals surface area contributed by atoms with E-state index in [-0.39, 0.29) is 0 Å². The van der Waals surface area contributed by atoms with Gasteiger partial charge in [0, 0.05) is 31.2 Å². The summed E-state index contributed by atoms with van der Waals surface area (Å²) >= 11 is 3.64. The molecule has 48 heavy (non-hydrogen) atoms. The fraction of sp³-hybridized carbons (Fsp3) is 0.0455. The van der Waals surface area contributed by atoms with Gasteiger partial charge in [-0.2, -0.15) is 0 Å². The van der Waals surface area contributed by atoms with Gasteiger partial charge in [0.15, 0.2) is 5.82 Å². The summed E-state index contributed by atoms with van der Waals surface area (Å²) in [5.41, 5.74) is 11.9. The van der Waals surface area contributed by atoms with E-state index in [1.54, 1.807) is 11.3 Å². The van der Waals surface area contributed by atoms with E-state index in [9.17, 15) is 0 Å². The van der Waals surface area contributed by atoms with E-state index in [0.717, 1.165) is 28.1 Å². The van der Waals surface area contributed by atoms with E-state index in [4.69, 9.17) is 9.97 Å². The number of allylic oxidation sites excluding steroid dienone is 5. The lowest BCUT2D eigenvalue weighted by Crippen LogP contribution is -2.32. The van der Waals surface area contributed by atoms with Crippen LogP contribution >= 0.6 is 23.1 Å². The highest BCUT2D eigenvalue weighted by Gasteiger charge is 2.50. The molecule has 7 aromatic rings. The van der Waals surface area contributed by atoms with Crippen molar-refractivity contribution >= 4 is 38.8 Å². The monoisotopic (exact) mass is 650 g/mol. The third kappa shape index (κ3) is 4.33. The summed E-state index contributed by atoms with van der Waals surface area (Å²) in [6.45, 7) is 6.56. The minimum absolute atomic E-state index is 0.545. The molecule has 5 aromatic carbocycles. The van der Waals surface area contributed by atoms with Crippen molar-refractivity contribution in [2.75, 3.05) is 0 Å². The second-order valence-electron chi connectivity index (χ2n) is 12.1. The third-order valence-corrected chi connectivity index (χ3v) is 11.6. The maximum atomic E-state index is 5.21. The fourth-order valence-electron chi connectivity index (χ4n) is 7.49. The summed E-state index contributed by atoms with van der Waals surface area (Å²) in [5, 5.41) is 3.46. The first kappa shape index (κ1) is 28.9. The van der Waals surface area contributed by atoms with Crippen molar-refractivity contribution in [1.82, 2.24) is 9.97 Å². The van der Waals surface area contributed by atoms with Gasteiger partial charge in [0.2, 0.25) is 0 Å². The van der Waals surface area contributed by atoms with E-state index in [2.05, 4.69) is 152 Å². The molecule has 0 saturated heterocycles. The Morgan fingerprint density at radius 1 is 0.646 bits per heavy atom. The highest BCUT2D eigenvalue weighted by Crippen LogP contribution is 2.62. The van der Waals surface area contributed by atoms with E-state index in [1.165, 1.54) is 53.3 Å². The van der Waals surface area contributed by atoms with Crippen LogP contribution in [0.1, 0.15) is 29.2 Å². The molecule has 1 aliphatic heterocycles. The van der Waals surface area contributed by atoms with Crippen molar-refractivity contribution in [2.24, 2.45) is 0 Å². The molecule has 3 heterocycles. The molecule has 0 fully saturated rings. The van der Waals surface area contributed by atoms with Gasteiger partial charge in [-0.25, -0.2) is 9.97 Å². The van der Waals surface area contributed by atoms with Crippen LogP contribution in [0.2, 0.25) is 0 Å². The first-order valence-corrected chi connectivity index (χ1v) is 17.8. The van der Waals surface area contributed by atoms with E-state index in [0.29, 0.717) is 5.82 Å². The zero-order chi connectivity index (χ0) is 32.2. The van der Waals surface area contributed by atoms with Gasteiger partial charge in [0.25, 0.3) is 0 Å². The molecule has 0 bridgehead atoms. The molecular weight excluding hydrogens is 621 g/mol. The van der Waals surface area contributed by atoms with E-state index < -0.39 is 5.41 Å². The first-order chi connectivity index (χ1) is 23.7. The molecular formula is C44H30N2S2. The Kier molecular flexibility index (Phi) is 6.89. The van der Waals surface area contributed by atoms with Gasteiger partial charge >= 0.3 is 0 Å². The number of fused-ring (bicyclic) bond motifs is 7. The zero-order valence-corrected chi connectivity index (χ0v) is 28.0. The number of hydrogen-bond donors (Lipinski definition) is 0. The van der Waals surface area contributed by atoms with Crippen LogP contribution in [0, 0.1) is 0 Å². The molecule has 1 unspecified atom stereocenters. The minimum Gasteiger partial charge on any atom is -0.228 e. The van der Waals surface area contributed by atoms with E-state index >= 15 is 0 Å². The van der Waals surface area contributed by atoms with Gasteiger partial charge in [-0.1, -0.05) is 121 Å². The average Bonchev–Trinajstić information content (AvgIpc) is 3.71. The van der Waals surface area contributed by atoms with Crippen LogP contribution < -0.4 is 0 Å². The molecule has 1 atom stereocenters. The Hall–Kier alpha value is -5.29. The molecule has 0 N–H and O–H groups in total. The molecule has 0 saturated carbocycles. The Morgan fingerprint density at radius 3 is 2.04 bits per heavy atom. The summed E-state index contributed by atoms with van der Waals surface area (Å²) in [6, 6.07) is 45.6. The molecule has 4 heteroatoms. The number of thiophene rings is 1. The van der Waals surface area contributed by atoms with Crippen LogP contribution in [0.3, 0.4) is 0 Å². The van der Waals surface area contributed by atoms with Gasteiger partial charge < -0.3 is 0 Å². The Balaban J connectivity index is 1.35. The van der Waals surface area contributed by atoms with Gasteiger partial charge in [-0.05, 0) is 93.6 Å². The Morgan fingerprint density at radius 2 is 1.33 bits per heavy atom. The van der Waals surface area contributed by atoms with Gasteiger partial charge in [0.1, 0.15) is 0 Å². The number of rotatable bonds is 5.